The molecule has 29 heavy (non-hydrogen) atoms. The molecule has 0 aromatic heterocycles. The molecule has 3 rings (SSSR count). The summed E-state index contributed by atoms with van der Waals surface area (Å²) in [6.07, 6.45) is 1.91. The highest BCUT2D eigenvalue weighted by Gasteiger charge is 2.31. The molecule has 0 saturated heterocycles. The number of sulfonamides is 1. The van der Waals surface area contributed by atoms with Crippen molar-refractivity contribution in [3.05, 3.63) is 48.5 Å². The van der Waals surface area contributed by atoms with Crippen LogP contribution in [0.1, 0.15) is 26.2 Å². The maximum Gasteiger partial charge on any atom is 0.261 e. The van der Waals surface area contributed by atoms with Crippen molar-refractivity contribution in [2.24, 2.45) is 5.92 Å². The first-order chi connectivity index (χ1) is 13.7. The maximum absolute atomic E-state index is 12.4. The van der Waals surface area contributed by atoms with E-state index in [1.54, 1.807) is 30.3 Å². The maximum atomic E-state index is 12.4. The Hall–Kier alpha value is -3.07. The van der Waals surface area contributed by atoms with Gasteiger partial charge in [-0.2, -0.15) is 0 Å². The molecule has 1 aliphatic carbocycles. The molecule has 0 unspecified atom stereocenters. The van der Waals surface area contributed by atoms with Crippen LogP contribution in [-0.4, -0.2) is 26.3 Å². The van der Waals surface area contributed by atoms with Crippen LogP contribution < -0.4 is 21.1 Å². The number of hydrogen-bond acceptors (Lipinski definition) is 5. The zero-order valence-electron chi connectivity index (χ0n) is 16.0. The molecule has 0 heterocycles. The Morgan fingerprint density at radius 2 is 1.79 bits per heavy atom. The number of anilines is 3. The monoisotopic (exact) mass is 416 g/mol. The number of nitrogen functional groups attached to an aromatic ring is 1. The summed E-state index contributed by atoms with van der Waals surface area (Å²) in [5.74, 6) is -0.000672. The number of benzene rings is 2. The van der Waals surface area contributed by atoms with Crippen molar-refractivity contribution in [1.29, 1.82) is 0 Å². The van der Waals surface area contributed by atoms with Crippen LogP contribution in [0.15, 0.2) is 53.4 Å². The van der Waals surface area contributed by atoms with Crippen molar-refractivity contribution in [1.82, 2.24) is 5.32 Å². The smallest absolute Gasteiger partial charge is 0.261 e. The average molecular weight is 417 g/mol. The summed E-state index contributed by atoms with van der Waals surface area (Å²) < 4.78 is 27.2. The molecule has 2 aromatic rings. The fraction of sp³-hybridized carbons (Fsp3) is 0.300. The molecule has 0 aliphatic heterocycles. The minimum absolute atomic E-state index is 0.0614. The fourth-order valence-corrected chi connectivity index (χ4v) is 4.40. The molecule has 0 atom stereocenters. The van der Waals surface area contributed by atoms with Gasteiger partial charge in [0.15, 0.2) is 0 Å². The molecular formula is C20H24N4O4S. The summed E-state index contributed by atoms with van der Waals surface area (Å²) in [6, 6.07) is 12.7. The lowest BCUT2D eigenvalue weighted by Crippen LogP contribution is -2.44. The Morgan fingerprint density at radius 3 is 2.41 bits per heavy atom. The third kappa shape index (κ3) is 5.47. The molecule has 1 fully saturated rings. The highest BCUT2D eigenvalue weighted by Crippen LogP contribution is 2.31. The zero-order chi connectivity index (χ0) is 21.0. The van der Waals surface area contributed by atoms with E-state index in [0.29, 0.717) is 17.8 Å². The van der Waals surface area contributed by atoms with E-state index in [9.17, 15) is 18.0 Å². The van der Waals surface area contributed by atoms with Gasteiger partial charge in [-0.15, -0.1) is 0 Å². The molecule has 9 heteroatoms. The van der Waals surface area contributed by atoms with Gasteiger partial charge in [-0.3, -0.25) is 14.3 Å². The molecule has 2 amide bonds. The zero-order valence-corrected chi connectivity index (χ0v) is 16.8. The lowest BCUT2D eigenvalue weighted by atomic mass is 9.78. The first kappa shape index (κ1) is 20.7. The molecule has 1 aliphatic rings. The van der Waals surface area contributed by atoms with Gasteiger partial charge in [-0.25, -0.2) is 8.42 Å². The highest BCUT2D eigenvalue weighted by atomic mass is 32.2. The summed E-state index contributed by atoms with van der Waals surface area (Å²) in [7, 11) is -3.71. The Labute approximate surface area is 169 Å². The van der Waals surface area contributed by atoms with Gasteiger partial charge in [-0.1, -0.05) is 18.2 Å². The highest BCUT2D eigenvalue weighted by molar-refractivity contribution is 7.92. The van der Waals surface area contributed by atoms with Crippen molar-refractivity contribution in [2.45, 2.75) is 37.1 Å². The summed E-state index contributed by atoms with van der Waals surface area (Å²) in [5, 5.41) is 5.59. The standard InChI is InChI=1S/C20H24N4O4S/c1-13(25)22-16-9-14(10-16)11-20(26)23-19-8-7-15(12-18(19)21)24-29(27,28)17-5-3-2-4-6-17/h2-8,12,14,16,24H,9-11,21H2,1H3,(H,22,25)(H,23,26). The molecule has 1 saturated carbocycles. The SMILES string of the molecule is CC(=O)NC1CC(CC(=O)Nc2ccc(NS(=O)(=O)c3ccccc3)cc2N)C1. The van der Waals surface area contributed by atoms with Gasteiger partial charge in [0.25, 0.3) is 10.0 Å². The van der Waals surface area contributed by atoms with Gasteiger partial charge in [-0.05, 0) is 49.1 Å². The number of nitrogens with one attached hydrogen (secondary N) is 3. The number of carbonyl (C=O) groups is 2. The van der Waals surface area contributed by atoms with E-state index < -0.39 is 10.0 Å². The molecule has 5 N–H and O–H groups in total. The number of rotatable bonds is 7. The Kier molecular flexibility index (Phi) is 6.07. The van der Waals surface area contributed by atoms with Crippen LogP contribution >= 0.6 is 0 Å². The first-order valence-corrected chi connectivity index (χ1v) is 10.8. The van der Waals surface area contributed by atoms with Crippen LogP contribution in [-0.2, 0) is 19.6 Å². The molecule has 0 spiro atoms. The molecule has 154 valence electrons. The Bertz CT molecular complexity index is 1000. The molecule has 0 bridgehead atoms. The van der Waals surface area contributed by atoms with Crippen LogP contribution in [0.25, 0.3) is 0 Å². The second-order valence-electron chi connectivity index (χ2n) is 7.21. The predicted octanol–water partition coefficient (Wildman–Crippen LogP) is 2.31. The van der Waals surface area contributed by atoms with Gasteiger partial charge in [0.2, 0.25) is 11.8 Å². The van der Waals surface area contributed by atoms with E-state index in [4.69, 9.17) is 5.73 Å². The Morgan fingerprint density at radius 1 is 1.10 bits per heavy atom. The number of amides is 2. The molecule has 2 aromatic carbocycles. The normalized spacial score (nSPS) is 18.4. The Balaban J connectivity index is 1.56. The van der Waals surface area contributed by atoms with Crippen LogP contribution in [0, 0.1) is 5.92 Å². The van der Waals surface area contributed by atoms with Crippen molar-refractivity contribution in [3.8, 4) is 0 Å². The lowest BCUT2D eigenvalue weighted by molar-refractivity contribution is -0.120. The summed E-state index contributed by atoms with van der Waals surface area (Å²) in [6.45, 7) is 1.48. The first-order valence-electron chi connectivity index (χ1n) is 9.27. The third-order valence-corrected chi connectivity index (χ3v) is 6.15. The van der Waals surface area contributed by atoms with Crippen LogP contribution in [0.5, 0.6) is 0 Å². The van der Waals surface area contributed by atoms with E-state index in [1.165, 1.54) is 25.1 Å². The summed E-state index contributed by atoms with van der Waals surface area (Å²) in [5.41, 5.74) is 6.98. The van der Waals surface area contributed by atoms with Crippen LogP contribution in [0.2, 0.25) is 0 Å². The number of hydrogen-bond donors (Lipinski definition) is 4. The minimum atomic E-state index is -3.71. The van der Waals surface area contributed by atoms with Gasteiger partial charge in [0, 0.05) is 19.4 Å². The molecule has 8 nitrogen and oxygen atoms in total. The van der Waals surface area contributed by atoms with Crippen LogP contribution in [0.4, 0.5) is 17.1 Å². The summed E-state index contributed by atoms with van der Waals surface area (Å²) >= 11 is 0. The van der Waals surface area contributed by atoms with Crippen molar-refractivity contribution in [2.75, 3.05) is 15.8 Å². The van der Waals surface area contributed by atoms with Gasteiger partial charge >= 0.3 is 0 Å². The number of nitrogens with two attached hydrogens (primary N) is 1. The summed E-state index contributed by atoms with van der Waals surface area (Å²) in [4.78, 5) is 23.4. The molecule has 0 radical (unpaired) electrons. The van der Waals surface area contributed by atoms with Gasteiger partial charge in [0.1, 0.15) is 0 Å². The number of carbonyl (C=O) groups excluding carboxylic acids is 2. The van der Waals surface area contributed by atoms with Gasteiger partial charge in [0.05, 0.1) is 22.0 Å². The minimum Gasteiger partial charge on any atom is -0.397 e. The second-order valence-corrected chi connectivity index (χ2v) is 8.89. The van der Waals surface area contributed by atoms with E-state index in [0.717, 1.165) is 12.8 Å². The van der Waals surface area contributed by atoms with Crippen molar-refractivity contribution >= 4 is 38.9 Å². The predicted molar refractivity (Wildman–Crippen MR) is 112 cm³/mol. The van der Waals surface area contributed by atoms with E-state index >= 15 is 0 Å². The van der Waals surface area contributed by atoms with E-state index in [2.05, 4.69) is 15.4 Å². The third-order valence-electron chi connectivity index (χ3n) is 4.75. The largest absolute Gasteiger partial charge is 0.397 e. The molecular weight excluding hydrogens is 392 g/mol. The lowest BCUT2D eigenvalue weighted by Gasteiger charge is -2.35. The van der Waals surface area contributed by atoms with E-state index in [-0.39, 0.29) is 34.4 Å². The van der Waals surface area contributed by atoms with E-state index in [1.807, 2.05) is 0 Å². The average Bonchev–Trinajstić information content (AvgIpc) is 2.62. The van der Waals surface area contributed by atoms with Gasteiger partial charge < -0.3 is 16.4 Å². The van der Waals surface area contributed by atoms with Crippen molar-refractivity contribution in [3.63, 3.8) is 0 Å². The van der Waals surface area contributed by atoms with Crippen LogP contribution in [0.3, 0.4) is 0 Å². The topological polar surface area (TPSA) is 130 Å². The van der Waals surface area contributed by atoms with Crippen molar-refractivity contribution < 1.29 is 18.0 Å². The second kappa shape index (κ2) is 8.52. The quantitative estimate of drug-likeness (QED) is 0.515. The fourth-order valence-electron chi connectivity index (χ4n) is 3.32.